The van der Waals surface area contributed by atoms with Crippen LogP contribution in [0.2, 0.25) is 0 Å². The van der Waals surface area contributed by atoms with Crippen LogP contribution in [0, 0.1) is 0 Å². The van der Waals surface area contributed by atoms with Gasteiger partial charge in [-0.05, 0) is 56.8 Å². The minimum atomic E-state index is -3.72. The molecule has 1 aliphatic rings. The van der Waals surface area contributed by atoms with Crippen molar-refractivity contribution in [2.24, 2.45) is 0 Å². The van der Waals surface area contributed by atoms with E-state index in [0.717, 1.165) is 12.8 Å². The number of nitrogen functional groups attached to an aromatic ring is 1. The first-order valence-corrected chi connectivity index (χ1v) is 9.62. The van der Waals surface area contributed by atoms with Gasteiger partial charge in [-0.3, -0.25) is 0 Å². The summed E-state index contributed by atoms with van der Waals surface area (Å²) < 4.78 is 27.5. The maximum atomic E-state index is 12.7. The molecule has 21 heavy (non-hydrogen) atoms. The highest BCUT2D eigenvalue weighted by molar-refractivity contribution is 9.11. The lowest BCUT2D eigenvalue weighted by molar-refractivity contribution is 0.0333. The Morgan fingerprint density at radius 1 is 1.29 bits per heavy atom. The molecular formula is C13H18Br2N2O3S. The number of rotatable bonds is 4. The topological polar surface area (TPSA) is 83.6 Å². The lowest BCUT2D eigenvalue weighted by atomic mass is 10.0. The third-order valence-corrected chi connectivity index (χ3v) is 7.42. The predicted octanol–water partition coefficient (Wildman–Crippen LogP) is 2.72. The van der Waals surface area contributed by atoms with E-state index in [1.54, 1.807) is 12.1 Å². The van der Waals surface area contributed by atoms with E-state index in [4.69, 9.17) is 5.73 Å². The molecule has 1 saturated carbocycles. The lowest BCUT2D eigenvalue weighted by Gasteiger charge is -2.28. The van der Waals surface area contributed by atoms with Crippen LogP contribution in [0.4, 0.5) is 5.69 Å². The summed E-state index contributed by atoms with van der Waals surface area (Å²) in [5, 5.41) is 10.4. The van der Waals surface area contributed by atoms with Crippen LogP contribution >= 0.6 is 31.9 Å². The SMILES string of the molecule is CN(CC1(O)CCCC1)S(=O)(=O)c1c(Br)cc(N)cc1Br. The van der Waals surface area contributed by atoms with Crippen LogP contribution in [0.3, 0.4) is 0 Å². The van der Waals surface area contributed by atoms with Gasteiger partial charge in [0.15, 0.2) is 0 Å². The molecule has 1 aromatic rings. The number of hydrogen-bond acceptors (Lipinski definition) is 4. The second-order valence-corrected chi connectivity index (χ2v) is 9.20. The van der Waals surface area contributed by atoms with Gasteiger partial charge in [-0.1, -0.05) is 12.8 Å². The highest BCUT2D eigenvalue weighted by atomic mass is 79.9. The van der Waals surface area contributed by atoms with Gasteiger partial charge in [0.05, 0.1) is 5.60 Å². The van der Waals surface area contributed by atoms with Crippen molar-refractivity contribution < 1.29 is 13.5 Å². The molecule has 0 bridgehead atoms. The Balaban J connectivity index is 2.34. The van der Waals surface area contributed by atoms with Crippen LogP contribution in [-0.2, 0) is 10.0 Å². The summed E-state index contributed by atoms with van der Waals surface area (Å²) >= 11 is 6.50. The minimum Gasteiger partial charge on any atom is -0.399 e. The number of likely N-dealkylation sites (N-methyl/N-ethyl adjacent to an activating group) is 1. The quantitative estimate of drug-likeness (QED) is 0.703. The molecule has 0 saturated heterocycles. The Labute approximate surface area is 141 Å². The largest absolute Gasteiger partial charge is 0.399 e. The molecule has 0 atom stereocenters. The summed E-state index contributed by atoms with van der Waals surface area (Å²) in [6, 6.07) is 3.10. The van der Waals surface area contributed by atoms with E-state index in [-0.39, 0.29) is 11.4 Å². The number of halogens is 2. The van der Waals surface area contributed by atoms with E-state index < -0.39 is 15.6 Å². The van der Waals surface area contributed by atoms with Gasteiger partial charge >= 0.3 is 0 Å². The van der Waals surface area contributed by atoms with E-state index in [0.29, 0.717) is 27.5 Å². The summed E-state index contributed by atoms with van der Waals surface area (Å²) in [6.07, 6.45) is 3.13. The standard InChI is InChI=1S/C13H18Br2N2O3S/c1-17(8-13(18)4-2-3-5-13)21(19,20)12-10(14)6-9(16)7-11(12)15/h6-7,18H,2-5,8,16H2,1H3. The minimum absolute atomic E-state index is 0.0958. The molecule has 2 rings (SSSR count). The number of sulfonamides is 1. The molecular weight excluding hydrogens is 424 g/mol. The number of nitrogens with zero attached hydrogens (tertiary/aromatic N) is 1. The molecule has 0 amide bonds. The summed E-state index contributed by atoms with van der Waals surface area (Å²) in [5.41, 5.74) is 5.23. The maximum Gasteiger partial charge on any atom is 0.245 e. The molecule has 118 valence electrons. The zero-order valence-corrected chi connectivity index (χ0v) is 15.6. The second kappa shape index (κ2) is 6.16. The highest BCUT2D eigenvalue weighted by Gasteiger charge is 2.37. The average Bonchev–Trinajstić information content (AvgIpc) is 2.73. The molecule has 0 unspecified atom stereocenters. The predicted molar refractivity (Wildman–Crippen MR) is 89.5 cm³/mol. The normalized spacial score (nSPS) is 18.3. The second-order valence-electron chi connectivity index (χ2n) is 5.51. The highest BCUT2D eigenvalue weighted by Crippen LogP contribution is 2.36. The Kier molecular flexibility index (Phi) is 5.04. The molecule has 3 N–H and O–H groups in total. The van der Waals surface area contributed by atoms with Crippen LogP contribution in [0.1, 0.15) is 25.7 Å². The van der Waals surface area contributed by atoms with Crippen LogP contribution in [0.5, 0.6) is 0 Å². The van der Waals surface area contributed by atoms with Gasteiger partial charge in [0.2, 0.25) is 10.0 Å². The first-order chi connectivity index (χ1) is 9.66. The number of nitrogens with two attached hydrogens (primary N) is 1. The van der Waals surface area contributed by atoms with E-state index in [2.05, 4.69) is 31.9 Å². The summed E-state index contributed by atoms with van der Waals surface area (Å²) in [6.45, 7) is 0.0958. The zero-order chi connectivity index (χ0) is 15.8. The van der Waals surface area contributed by atoms with Gasteiger partial charge in [0, 0.05) is 28.2 Å². The monoisotopic (exact) mass is 440 g/mol. The van der Waals surface area contributed by atoms with E-state index in [1.165, 1.54) is 11.4 Å². The molecule has 0 radical (unpaired) electrons. The Morgan fingerprint density at radius 2 is 1.76 bits per heavy atom. The van der Waals surface area contributed by atoms with Crippen LogP contribution in [0.15, 0.2) is 26.0 Å². The fraction of sp³-hybridized carbons (Fsp3) is 0.538. The van der Waals surface area contributed by atoms with E-state index in [1.807, 2.05) is 0 Å². The fourth-order valence-corrected chi connectivity index (χ4v) is 6.45. The van der Waals surface area contributed by atoms with Gasteiger partial charge in [-0.25, -0.2) is 8.42 Å². The third kappa shape index (κ3) is 3.61. The van der Waals surface area contributed by atoms with Crippen LogP contribution in [0.25, 0.3) is 0 Å². The van der Waals surface area contributed by atoms with Gasteiger partial charge in [0.1, 0.15) is 4.90 Å². The fourth-order valence-electron chi connectivity index (χ4n) is 2.67. The number of aliphatic hydroxyl groups is 1. The first kappa shape index (κ1) is 17.2. The van der Waals surface area contributed by atoms with Crippen molar-refractivity contribution in [1.82, 2.24) is 4.31 Å². The van der Waals surface area contributed by atoms with Crippen molar-refractivity contribution in [2.45, 2.75) is 36.2 Å². The third-order valence-electron chi connectivity index (χ3n) is 3.74. The van der Waals surface area contributed by atoms with E-state index in [9.17, 15) is 13.5 Å². The molecule has 0 aromatic heterocycles. The van der Waals surface area contributed by atoms with Gasteiger partial charge in [0.25, 0.3) is 0 Å². The van der Waals surface area contributed by atoms with Gasteiger partial charge in [-0.2, -0.15) is 4.31 Å². The molecule has 8 heteroatoms. The van der Waals surface area contributed by atoms with Crippen molar-refractivity contribution in [1.29, 1.82) is 0 Å². The van der Waals surface area contributed by atoms with Crippen LogP contribution in [-0.4, -0.2) is 37.0 Å². The molecule has 0 heterocycles. The summed E-state index contributed by atoms with van der Waals surface area (Å²) in [4.78, 5) is 0.126. The van der Waals surface area contributed by atoms with E-state index >= 15 is 0 Å². The molecule has 0 aliphatic heterocycles. The lowest BCUT2D eigenvalue weighted by Crippen LogP contribution is -2.42. The smallest absolute Gasteiger partial charge is 0.245 e. The maximum absolute atomic E-state index is 12.7. The molecule has 5 nitrogen and oxygen atoms in total. The van der Waals surface area contributed by atoms with Crippen molar-refractivity contribution >= 4 is 47.6 Å². The van der Waals surface area contributed by atoms with Gasteiger partial charge in [-0.15, -0.1) is 0 Å². The van der Waals surface area contributed by atoms with Crippen molar-refractivity contribution in [3.05, 3.63) is 21.1 Å². The zero-order valence-electron chi connectivity index (χ0n) is 11.6. The average molecular weight is 442 g/mol. The molecule has 1 fully saturated rings. The number of anilines is 1. The molecule has 1 aliphatic carbocycles. The van der Waals surface area contributed by atoms with Gasteiger partial charge < -0.3 is 10.8 Å². The Morgan fingerprint density at radius 3 is 2.24 bits per heavy atom. The summed E-state index contributed by atoms with van der Waals surface area (Å²) in [5.74, 6) is 0. The molecule has 1 aromatic carbocycles. The number of hydrogen-bond donors (Lipinski definition) is 2. The van der Waals surface area contributed by atoms with Crippen molar-refractivity contribution in [3.63, 3.8) is 0 Å². The first-order valence-electron chi connectivity index (χ1n) is 6.59. The molecule has 0 spiro atoms. The Hall–Kier alpha value is -0.150. The number of benzene rings is 1. The summed E-state index contributed by atoms with van der Waals surface area (Å²) in [7, 11) is -2.23. The Bertz CT molecular complexity index is 620. The van der Waals surface area contributed by atoms with Crippen molar-refractivity contribution in [2.75, 3.05) is 19.3 Å². The van der Waals surface area contributed by atoms with Crippen LogP contribution < -0.4 is 5.73 Å². The van der Waals surface area contributed by atoms with Crippen molar-refractivity contribution in [3.8, 4) is 0 Å².